The van der Waals surface area contributed by atoms with Crippen molar-refractivity contribution in [3.8, 4) is 5.75 Å². The molecule has 1 atom stereocenters. The van der Waals surface area contributed by atoms with Gasteiger partial charge < -0.3 is 9.84 Å². The Bertz CT molecular complexity index is 515. The third kappa shape index (κ3) is 3.84. The van der Waals surface area contributed by atoms with Gasteiger partial charge in [0.05, 0.1) is 0 Å². The van der Waals surface area contributed by atoms with E-state index in [1.54, 1.807) is 6.92 Å². The minimum atomic E-state index is -0.983. The van der Waals surface area contributed by atoms with Crippen LogP contribution in [-0.2, 0) is 12.0 Å². The van der Waals surface area contributed by atoms with Crippen molar-refractivity contribution in [1.29, 1.82) is 0 Å². The van der Waals surface area contributed by atoms with Gasteiger partial charge >= 0.3 is 0 Å². The summed E-state index contributed by atoms with van der Waals surface area (Å²) in [7, 11) is 0. The maximum atomic E-state index is 10.5. The summed E-state index contributed by atoms with van der Waals surface area (Å²) in [5, 5.41) is 10.5. The number of hydrogen-bond donors (Lipinski definition) is 1. The van der Waals surface area contributed by atoms with Crippen LogP contribution in [0.15, 0.2) is 54.6 Å². The summed E-state index contributed by atoms with van der Waals surface area (Å²) < 4.78 is 5.71. The number of ether oxygens (including phenoxy) is 1. The van der Waals surface area contributed by atoms with Gasteiger partial charge in [-0.2, -0.15) is 0 Å². The highest BCUT2D eigenvalue weighted by Crippen LogP contribution is 2.22. The summed E-state index contributed by atoms with van der Waals surface area (Å²) in [4.78, 5) is 0. The molecule has 0 aliphatic heterocycles. The van der Waals surface area contributed by atoms with Crippen molar-refractivity contribution in [1.82, 2.24) is 0 Å². The number of rotatable bonds is 6. The molecule has 2 nitrogen and oxygen atoms in total. The first-order chi connectivity index (χ1) is 9.62. The van der Waals surface area contributed by atoms with Gasteiger partial charge in [-0.05, 0) is 36.6 Å². The molecule has 2 rings (SSSR count). The van der Waals surface area contributed by atoms with Crippen molar-refractivity contribution in [2.24, 2.45) is 0 Å². The zero-order valence-electron chi connectivity index (χ0n) is 12.2. The molecule has 0 amide bonds. The summed E-state index contributed by atoms with van der Waals surface area (Å²) in [5.41, 5.74) is 1.20. The zero-order chi connectivity index (χ0) is 14.4. The first-order valence-corrected chi connectivity index (χ1v) is 7.11. The molecule has 1 unspecified atom stereocenters. The van der Waals surface area contributed by atoms with Crippen molar-refractivity contribution in [2.75, 3.05) is 6.61 Å². The molecule has 2 aromatic rings. The van der Waals surface area contributed by atoms with Gasteiger partial charge in [0, 0.05) is 0 Å². The van der Waals surface area contributed by atoms with E-state index in [-0.39, 0.29) is 6.61 Å². The van der Waals surface area contributed by atoms with E-state index in [4.69, 9.17) is 4.74 Å². The van der Waals surface area contributed by atoms with Crippen molar-refractivity contribution in [3.63, 3.8) is 0 Å². The van der Waals surface area contributed by atoms with E-state index >= 15 is 0 Å². The first-order valence-electron chi connectivity index (χ1n) is 7.11. The zero-order valence-corrected chi connectivity index (χ0v) is 12.2. The van der Waals surface area contributed by atoms with Crippen molar-refractivity contribution < 1.29 is 9.84 Å². The molecule has 0 aliphatic rings. The summed E-state index contributed by atoms with van der Waals surface area (Å²) in [6.45, 7) is 4.18. The molecule has 0 aliphatic carbocycles. The van der Waals surface area contributed by atoms with Gasteiger partial charge in [-0.25, -0.2) is 0 Å². The topological polar surface area (TPSA) is 29.5 Å². The molecule has 0 saturated heterocycles. The highest BCUT2D eigenvalue weighted by molar-refractivity contribution is 5.28. The smallest absolute Gasteiger partial charge is 0.121 e. The molecule has 2 heteroatoms. The quantitative estimate of drug-likeness (QED) is 0.862. The summed E-state index contributed by atoms with van der Waals surface area (Å²) >= 11 is 0. The minimum Gasteiger partial charge on any atom is -0.490 e. The fraction of sp³-hybridized carbons (Fsp3) is 0.333. The van der Waals surface area contributed by atoms with Crippen molar-refractivity contribution in [2.45, 2.75) is 32.3 Å². The van der Waals surface area contributed by atoms with E-state index in [0.29, 0.717) is 0 Å². The Morgan fingerprint density at radius 1 is 1.00 bits per heavy atom. The second-order valence-electron chi connectivity index (χ2n) is 5.32. The van der Waals surface area contributed by atoms with Crippen LogP contribution < -0.4 is 4.74 Å². The molecule has 106 valence electrons. The Balaban J connectivity index is 1.97. The summed E-state index contributed by atoms with van der Waals surface area (Å²) in [5.74, 6) is 0.793. The number of hydrogen-bond acceptors (Lipinski definition) is 2. The molecular weight excluding hydrogens is 248 g/mol. The molecule has 0 bridgehead atoms. The van der Waals surface area contributed by atoms with E-state index in [0.717, 1.165) is 24.2 Å². The van der Waals surface area contributed by atoms with E-state index in [1.165, 1.54) is 5.56 Å². The van der Waals surface area contributed by atoms with E-state index in [2.05, 4.69) is 19.1 Å². The molecule has 0 radical (unpaired) electrons. The van der Waals surface area contributed by atoms with Gasteiger partial charge in [-0.1, -0.05) is 55.8 Å². The number of aliphatic hydroxyl groups is 1. The minimum absolute atomic E-state index is 0.240. The van der Waals surface area contributed by atoms with Crippen LogP contribution in [0.1, 0.15) is 31.4 Å². The summed E-state index contributed by atoms with van der Waals surface area (Å²) in [6.07, 6.45) is 2.23. The molecule has 2 aromatic carbocycles. The molecule has 1 N–H and O–H groups in total. The highest BCUT2D eigenvalue weighted by atomic mass is 16.5. The van der Waals surface area contributed by atoms with Crippen LogP contribution in [0.2, 0.25) is 0 Å². The Hall–Kier alpha value is -1.80. The molecule has 20 heavy (non-hydrogen) atoms. The molecule has 0 heterocycles. The average molecular weight is 270 g/mol. The highest BCUT2D eigenvalue weighted by Gasteiger charge is 2.23. The SMILES string of the molecule is CCCc1ccc(OCC(C)(O)c2ccccc2)cc1. The molecular formula is C18H22O2. The van der Waals surface area contributed by atoms with Crippen LogP contribution >= 0.6 is 0 Å². The second kappa shape index (κ2) is 6.58. The number of benzene rings is 2. The maximum Gasteiger partial charge on any atom is 0.121 e. The Kier molecular flexibility index (Phi) is 4.80. The second-order valence-corrected chi connectivity index (χ2v) is 5.32. The Morgan fingerprint density at radius 3 is 2.25 bits per heavy atom. The van der Waals surface area contributed by atoms with Crippen molar-refractivity contribution in [3.05, 3.63) is 65.7 Å². The van der Waals surface area contributed by atoms with Gasteiger partial charge in [-0.3, -0.25) is 0 Å². The standard InChI is InChI=1S/C18H22O2/c1-3-7-15-10-12-17(13-11-15)20-14-18(2,19)16-8-5-4-6-9-16/h4-6,8-13,19H,3,7,14H2,1-2H3. The Labute approximate surface area is 121 Å². The van der Waals surface area contributed by atoms with Crippen molar-refractivity contribution >= 4 is 0 Å². The van der Waals surface area contributed by atoms with Crippen LogP contribution in [0.4, 0.5) is 0 Å². The van der Waals surface area contributed by atoms with Crippen LogP contribution in [-0.4, -0.2) is 11.7 Å². The van der Waals surface area contributed by atoms with Crippen LogP contribution in [0.3, 0.4) is 0 Å². The monoisotopic (exact) mass is 270 g/mol. The normalized spacial score (nSPS) is 13.8. The third-order valence-corrected chi connectivity index (χ3v) is 3.38. The third-order valence-electron chi connectivity index (χ3n) is 3.38. The largest absolute Gasteiger partial charge is 0.490 e. The lowest BCUT2D eigenvalue weighted by atomic mass is 9.97. The van der Waals surface area contributed by atoms with Gasteiger partial charge in [0.15, 0.2) is 0 Å². The first kappa shape index (κ1) is 14.6. The lowest BCUT2D eigenvalue weighted by Crippen LogP contribution is -2.29. The molecule has 0 aromatic heterocycles. The maximum absolute atomic E-state index is 10.5. The van der Waals surface area contributed by atoms with E-state index in [9.17, 15) is 5.11 Å². The summed E-state index contributed by atoms with van der Waals surface area (Å²) in [6, 6.07) is 17.7. The fourth-order valence-corrected chi connectivity index (χ4v) is 2.15. The van der Waals surface area contributed by atoms with Crippen LogP contribution in [0.25, 0.3) is 0 Å². The van der Waals surface area contributed by atoms with Gasteiger partial charge in [0.2, 0.25) is 0 Å². The molecule has 0 spiro atoms. The van der Waals surface area contributed by atoms with Gasteiger partial charge in [0.25, 0.3) is 0 Å². The lowest BCUT2D eigenvalue weighted by molar-refractivity contribution is 0.00759. The Morgan fingerprint density at radius 2 is 1.65 bits per heavy atom. The predicted octanol–water partition coefficient (Wildman–Crippen LogP) is 3.93. The molecule has 0 saturated carbocycles. The van der Waals surface area contributed by atoms with E-state index < -0.39 is 5.60 Å². The number of aryl methyl sites for hydroxylation is 1. The fourth-order valence-electron chi connectivity index (χ4n) is 2.15. The van der Waals surface area contributed by atoms with Gasteiger partial charge in [-0.15, -0.1) is 0 Å². The molecule has 0 fully saturated rings. The van der Waals surface area contributed by atoms with Gasteiger partial charge in [0.1, 0.15) is 18.0 Å². The van der Waals surface area contributed by atoms with Crippen LogP contribution in [0, 0.1) is 0 Å². The van der Waals surface area contributed by atoms with E-state index in [1.807, 2.05) is 42.5 Å². The average Bonchev–Trinajstić information content (AvgIpc) is 2.48. The van der Waals surface area contributed by atoms with Crippen LogP contribution in [0.5, 0.6) is 5.75 Å². The lowest BCUT2D eigenvalue weighted by Gasteiger charge is -2.24. The predicted molar refractivity (Wildman–Crippen MR) is 81.9 cm³/mol.